The van der Waals surface area contributed by atoms with Gasteiger partial charge in [-0.2, -0.15) is 0 Å². The Morgan fingerprint density at radius 3 is 2.94 bits per heavy atom. The number of hydrogen-bond acceptors (Lipinski definition) is 6. The molecule has 1 N–H and O–H groups in total. The van der Waals surface area contributed by atoms with E-state index in [0.29, 0.717) is 10.2 Å². The van der Waals surface area contributed by atoms with Crippen LogP contribution in [0.2, 0.25) is 0 Å². The van der Waals surface area contributed by atoms with Crippen LogP contribution in [0.3, 0.4) is 0 Å². The second-order valence-electron chi connectivity index (χ2n) is 3.29. The molecule has 0 aromatic carbocycles. The molecule has 0 unspecified atom stereocenters. The van der Waals surface area contributed by atoms with Crippen molar-refractivity contribution in [1.29, 1.82) is 0 Å². The summed E-state index contributed by atoms with van der Waals surface area (Å²) in [5, 5.41) is 9.22. The average molecular weight is 267 g/mol. The molecule has 6 nitrogen and oxygen atoms in total. The molecule has 0 saturated carbocycles. The summed E-state index contributed by atoms with van der Waals surface area (Å²) < 4.78 is 9.77. The molecule has 0 amide bonds. The van der Waals surface area contributed by atoms with Crippen molar-refractivity contribution in [2.45, 2.75) is 0 Å². The molecule has 0 fully saturated rings. The standard InChI is InChI=1S/C11H9NO5S/c1-16-11(15)9-8(17-5-7(13)14)6-3-2-4-12-10(6)18-9/h2-4H,5H2,1H3,(H,13,14). The highest BCUT2D eigenvalue weighted by Crippen LogP contribution is 2.36. The molecule has 0 saturated heterocycles. The molecule has 2 aromatic heterocycles. The number of pyridine rings is 1. The van der Waals surface area contributed by atoms with E-state index in [4.69, 9.17) is 9.84 Å². The number of hydrogen-bond donors (Lipinski definition) is 1. The lowest BCUT2D eigenvalue weighted by Gasteiger charge is -2.03. The fourth-order valence-electron chi connectivity index (χ4n) is 1.41. The predicted octanol–water partition coefficient (Wildman–Crippen LogP) is 1.55. The number of nitrogens with zero attached hydrogens (tertiary/aromatic N) is 1. The number of carboxylic acid groups (broad SMARTS) is 1. The highest BCUT2D eigenvalue weighted by molar-refractivity contribution is 7.20. The molecule has 0 radical (unpaired) electrons. The van der Waals surface area contributed by atoms with Crippen molar-refractivity contribution < 1.29 is 24.2 Å². The van der Waals surface area contributed by atoms with Crippen molar-refractivity contribution in [2.75, 3.05) is 13.7 Å². The second-order valence-corrected chi connectivity index (χ2v) is 4.29. The van der Waals surface area contributed by atoms with Crippen LogP contribution in [0.5, 0.6) is 5.75 Å². The summed E-state index contributed by atoms with van der Waals surface area (Å²) in [5.41, 5.74) is 0. The SMILES string of the molecule is COC(=O)c1sc2ncccc2c1OCC(=O)O. The molecular weight excluding hydrogens is 258 g/mol. The van der Waals surface area contributed by atoms with E-state index >= 15 is 0 Å². The van der Waals surface area contributed by atoms with Gasteiger partial charge in [-0.1, -0.05) is 0 Å². The third-order valence-electron chi connectivity index (χ3n) is 2.13. The normalized spacial score (nSPS) is 10.3. The molecule has 2 rings (SSSR count). The van der Waals surface area contributed by atoms with Gasteiger partial charge in [0.25, 0.3) is 0 Å². The van der Waals surface area contributed by atoms with Gasteiger partial charge in [-0.15, -0.1) is 11.3 Å². The van der Waals surface area contributed by atoms with Crippen LogP contribution < -0.4 is 4.74 Å². The van der Waals surface area contributed by atoms with Crippen molar-refractivity contribution in [3.8, 4) is 5.75 Å². The molecule has 2 aromatic rings. The van der Waals surface area contributed by atoms with Crippen LogP contribution in [0.25, 0.3) is 10.2 Å². The minimum atomic E-state index is -1.12. The number of thiophene rings is 1. The summed E-state index contributed by atoms with van der Waals surface area (Å²) in [6, 6.07) is 3.40. The third-order valence-corrected chi connectivity index (χ3v) is 3.21. The zero-order valence-electron chi connectivity index (χ0n) is 9.37. The Morgan fingerprint density at radius 1 is 1.50 bits per heavy atom. The van der Waals surface area contributed by atoms with Crippen molar-refractivity contribution in [1.82, 2.24) is 4.98 Å². The van der Waals surface area contributed by atoms with E-state index in [9.17, 15) is 9.59 Å². The summed E-state index contributed by atoms with van der Waals surface area (Å²) >= 11 is 1.10. The third kappa shape index (κ3) is 2.25. The summed E-state index contributed by atoms with van der Waals surface area (Å²) in [7, 11) is 1.25. The van der Waals surface area contributed by atoms with Gasteiger partial charge >= 0.3 is 11.9 Å². The number of carbonyl (C=O) groups is 2. The second kappa shape index (κ2) is 5.01. The maximum absolute atomic E-state index is 11.6. The Labute approximate surface area is 106 Å². The maximum Gasteiger partial charge on any atom is 0.351 e. The Balaban J connectivity index is 2.50. The molecule has 2 heterocycles. The van der Waals surface area contributed by atoms with Crippen LogP contribution >= 0.6 is 11.3 Å². The van der Waals surface area contributed by atoms with Crippen molar-refractivity contribution in [3.63, 3.8) is 0 Å². The smallest absolute Gasteiger partial charge is 0.351 e. The number of rotatable bonds is 4. The van der Waals surface area contributed by atoms with Gasteiger partial charge in [0.05, 0.1) is 12.5 Å². The number of esters is 1. The fraction of sp³-hybridized carbons (Fsp3) is 0.182. The van der Waals surface area contributed by atoms with E-state index in [-0.39, 0.29) is 10.6 Å². The number of aliphatic carboxylic acids is 1. The van der Waals surface area contributed by atoms with E-state index in [2.05, 4.69) is 9.72 Å². The first kappa shape index (κ1) is 12.3. The Bertz CT molecular complexity index is 606. The average Bonchev–Trinajstić information content (AvgIpc) is 2.74. The summed E-state index contributed by atoms with van der Waals surface area (Å²) in [6.45, 7) is -0.523. The van der Waals surface area contributed by atoms with Gasteiger partial charge in [-0.25, -0.2) is 14.6 Å². The Hall–Kier alpha value is -2.15. The van der Waals surface area contributed by atoms with Crippen LogP contribution in [0.15, 0.2) is 18.3 Å². The van der Waals surface area contributed by atoms with Crippen LogP contribution in [0.1, 0.15) is 9.67 Å². The molecule has 94 valence electrons. The van der Waals surface area contributed by atoms with Crippen LogP contribution in [-0.2, 0) is 9.53 Å². The van der Waals surface area contributed by atoms with E-state index in [1.54, 1.807) is 18.3 Å². The number of carbonyl (C=O) groups excluding carboxylic acids is 1. The van der Waals surface area contributed by atoms with Crippen LogP contribution in [0.4, 0.5) is 0 Å². The number of fused-ring (bicyclic) bond motifs is 1. The minimum absolute atomic E-state index is 0.206. The largest absolute Gasteiger partial charge is 0.479 e. The zero-order chi connectivity index (χ0) is 13.1. The predicted molar refractivity (Wildman–Crippen MR) is 64.1 cm³/mol. The van der Waals surface area contributed by atoms with E-state index in [1.165, 1.54) is 7.11 Å². The van der Waals surface area contributed by atoms with Gasteiger partial charge in [0.15, 0.2) is 17.2 Å². The first-order valence-corrected chi connectivity index (χ1v) is 5.75. The van der Waals surface area contributed by atoms with Gasteiger partial charge in [-0.05, 0) is 12.1 Å². The lowest BCUT2D eigenvalue weighted by molar-refractivity contribution is -0.139. The van der Waals surface area contributed by atoms with Gasteiger partial charge in [0.2, 0.25) is 0 Å². The first-order valence-electron chi connectivity index (χ1n) is 4.94. The summed E-state index contributed by atoms with van der Waals surface area (Å²) in [6.07, 6.45) is 1.58. The van der Waals surface area contributed by atoms with E-state index in [1.807, 2.05) is 0 Å². The maximum atomic E-state index is 11.6. The molecular formula is C11H9NO5S. The van der Waals surface area contributed by atoms with E-state index in [0.717, 1.165) is 11.3 Å². The lowest BCUT2D eigenvalue weighted by Crippen LogP contribution is -2.11. The molecule has 7 heteroatoms. The highest BCUT2D eigenvalue weighted by atomic mass is 32.1. The summed E-state index contributed by atoms with van der Waals surface area (Å²) in [4.78, 5) is 27.0. The van der Waals surface area contributed by atoms with Gasteiger partial charge in [0, 0.05) is 6.20 Å². The molecule has 0 bridgehead atoms. The van der Waals surface area contributed by atoms with E-state index < -0.39 is 18.5 Å². The van der Waals surface area contributed by atoms with Crippen LogP contribution in [-0.4, -0.2) is 35.7 Å². The molecule has 0 aliphatic carbocycles. The molecule has 18 heavy (non-hydrogen) atoms. The van der Waals surface area contributed by atoms with Gasteiger partial charge < -0.3 is 14.6 Å². The number of ether oxygens (including phenoxy) is 2. The number of methoxy groups -OCH3 is 1. The lowest BCUT2D eigenvalue weighted by atomic mass is 10.3. The quantitative estimate of drug-likeness (QED) is 0.846. The minimum Gasteiger partial charge on any atom is -0.479 e. The van der Waals surface area contributed by atoms with Crippen LogP contribution in [0, 0.1) is 0 Å². The van der Waals surface area contributed by atoms with Gasteiger partial charge in [-0.3, -0.25) is 0 Å². The zero-order valence-corrected chi connectivity index (χ0v) is 10.2. The summed E-state index contributed by atoms with van der Waals surface area (Å²) in [5.74, 6) is -1.48. The highest BCUT2D eigenvalue weighted by Gasteiger charge is 2.21. The molecule has 0 spiro atoms. The Morgan fingerprint density at radius 2 is 2.28 bits per heavy atom. The topological polar surface area (TPSA) is 85.7 Å². The van der Waals surface area contributed by atoms with Crippen molar-refractivity contribution in [3.05, 3.63) is 23.2 Å². The number of carboxylic acids is 1. The first-order chi connectivity index (χ1) is 8.63. The van der Waals surface area contributed by atoms with Crippen molar-refractivity contribution in [2.24, 2.45) is 0 Å². The molecule has 0 aliphatic heterocycles. The number of aromatic nitrogens is 1. The van der Waals surface area contributed by atoms with Crippen molar-refractivity contribution >= 4 is 33.5 Å². The molecule has 0 atom stereocenters. The fourth-order valence-corrected chi connectivity index (χ4v) is 2.42. The van der Waals surface area contributed by atoms with Gasteiger partial charge in [0.1, 0.15) is 4.83 Å². The molecule has 0 aliphatic rings. The Kier molecular flexibility index (Phi) is 3.42. The monoisotopic (exact) mass is 267 g/mol.